The Bertz CT molecular complexity index is 387. The van der Waals surface area contributed by atoms with E-state index in [0.29, 0.717) is 18.5 Å². The molecule has 0 bridgehead atoms. The summed E-state index contributed by atoms with van der Waals surface area (Å²) in [4.78, 5) is 6.84. The van der Waals surface area contributed by atoms with E-state index in [9.17, 15) is 5.11 Å². The molecule has 0 radical (unpaired) electrons. The Balaban J connectivity index is 1.88. The van der Waals surface area contributed by atoms with Gasteiger partial charge in [-0.25, -0.2) is 4.98 Å². The second-order valence-electron chi connectivity index (χ2n) is 5.23. The minimum atomic E-state index is 0.0389. The van der Waals surface area contributed by atoms with Gasteiger partial charge in [-0.2, -0.15) is 0 Å². The van der Waals surface area contributed by atoms with Crippen molar-refractivity contribution >= 4 is 0 Å². The van der Waals surface area contributed by atoms with Gasteiger partial charge in [0.2, 0.25) is 5.88 Å². The van der Waals surface area contributed by atoms with Crippen LogP contribution in [0, 0.1) is 0 Å². The van der Waals surface area contributed by atoms with Crippen molar-refractivity contribution in [1.82, 2.24) is 9.88 Å². The summed E-state index contributed by atoms with van der Waals surface area (Å²) in [6.45, 7) is 3.99. The van der Waals surface area contributed by atoms with Gasteiger partial charge in [0.25, 0.3) is 0 Å². The SMILES string of the molecule is CCc1cc(CO)cc(OCCC2CCCN2C)n1. The molecule has 0 aliphatic carbocycles. The number of likely N-dealkylation sites (tertiary alicyclic amines) is 1. The quantitative estimate of drug-likeness (QED) is 0.853. The molecule has 1 aliphatic rings. The molecule has 4 heteroatoms. The normalized spacial score (nSPS) is 19.8. The summed E-state index contributed by atoms with van der Waals surface area (Å²) < 4.78 is 5.75. The van der Waals surface area contributed by atoms with Gasteiger partial charge >= 0.3 is 0 Å². The van der Waals surface area contributed by atoms with Gasteiger partial charge < -0.3 is 14.7 Å². The number of pyridine rings is 1. The average Bonchev–Trinajstić information content (AvgIpc) is 2.84. The molecule has 106 valence electrons. The molecule has 1 N–H and O–H groups in total. The molecule has 0 amide bonds. The maximum atomic E-state index is 9.22. The number of hydrogen-bond acceptors (Lipinski definition) is 4. The van der Waals surface area contributed by atoms with Gasteiger partial charge in [-0.15, -0.1) is 0 Å². The molecule has 1 aliphatic heterocycles. The van der Waals surface area contributed by atoms with Crippen molar-refractivity contribution < 1.29 is 9.84 Å². The number of aliphatic hydroxyl groups excluding tert-OH is 1. The Kier molecular flexibility index (Phi) is 5.16. The smallest absolute Gasteiger partial charge is 0.213 e. The van der Waals surface area contributed by atoms with E-state index in [1.807, 2.05) is 12.1 Å². The number of hydrogen-bond donors (Lipinski definition) is 1. The molecule has 2 heterocycles. The van der Waals surface area contributed by atoms with Gasteiger partial charge in [-0.1, -0.05) is 6.92 Å². The van der Waals surface area contributed by atoms with Crippen molar-refractivity contribution in [2.24, 2.45) is 0 Å². The minimum absolute atomic E-state index is 0.0389. The Morgan fingerprint density at radius 1 is 1.47 bits per heavy atom. The van der Waals surface area contributed by atoms with Gasteiger partial charge in [0, 0.05) is 17.8 Å². The second-order valence-corrected chi connectivity index (χ2v) is 5.23. The molecule has 1 atom stereocenters. The highest BCUT2D eigenvalue weighted by Crippen LogP contribution is 2.19. The lowest BCUT2D eigenvalue weighted by molar-refractivity contribution is 0.227. The Hall–Kier alpha value is -1.13. The predicted octanol–water partition coefficient (Wildman–Crippen LogP) is 2.00. The van der Waals surface area contributed by atoms with Crippen LogP contribution in [0.1, 0.15) is 37.4 Å². The Labute approximate surface area is 115 Å². The van der Waals surface area contributed by atoms with Crippen molar-refractivity contribution in [3.05, 3.63) is 23.4 Å². The first-order valence-electron chi connectivity index (χ1n) is 7.16. The summed E-state index contributed by atoms with van der Waals surface area (Å²) >= 11 is 0. The first-order chi connectivity index (χ1) is 9.22. The third-order valence-electron chi connectivity index (χ3n) is 3.83. The van der Waals surface area contributed by atoms with E-state index in [1.165, 1.54) is 19.4 Å². The fraction of sp³-hybridized carbons (Fsp3) is 0.667. The van der Waals surface area contributed by atoms with Crippen LogP contribution in [0.2, 0.25) is 0 Å². The number of nitrogens with zero attached hydrogens (tertiary/aromatic N) is 2. The highest BCUT2D eigenvalue weighted by molar-refractivity contribution is 5.24. The van der Waals surface area contributed by atoms with Crippen LogP contribution in [0.4, 0.5) is 0 Å². The molecular formula is C15H24N2O2. The molecule has 0 spiro atoms. The largest absolute Gasteiger partial charge is 0.478 e. The standard InChI is InChI=1S/C15H24N2O2/c1-3-13-9-12(11-18)10-15(16-13)19-8-6-14-5-4-7-17(14)2/h9-10,14,18H,3-8,11H2,1-2H3. The van der Waals surface area contributed by atoms with E-state index in [-0.39, 0.29) is 6.61 Å². The first-order valence-corrected chi connectivity index (χ1v) is 7.16. The van der Waals surface area contributed by atoms with E-state index in [1.54, 1.807) is 0 Å². The van der Waals surface area contributed by atoms with Gasteiger partial charge in [0.1, 0.15) is 0 Å². The number of aryl methyl sites for hydroxylation is 1. The van der Waals surface area contributed by atoms with Crippen LogP contribution in [0.5, 0.6) is 5.88 Å². The highest BCUT2D eigenvalue weighted by atomic mass is 16.5. The third kappa shape index (κ3) is 3.91. The van der Waals surface area contributed by atoms with Crippen LogP contribution in [0.3, 0.4) is 0 Å². The van der Waals surface area contributed by atoms with E-state index in [4.69, 9.17) is 4.74 Å². The summed E-state index contributed by atoms with van der Waals surface area (Å²) in [5.41, 5.74) is 1.85. The molecular weight excluding hydrogens is 240 g/mol. The Morgan fingerprint density at radius 2 is 2.32 bits per heavy atom. The third-order valence-corrected chi connectivity index (χ3v) is 3.83. The zero-order chi connectivity index (χ0) is 13.7. The van der Waals surface area contributed by atoms with E-state index < -0.39 is 0 Å². The monoisotopic (exact) mass is 264 g/mol. The van der Waals surface area contributed by atoms with Gasteiger partial charge in [0.15, 0.2) is 0 Å². The summed E-state index contributed by atoms with van der Waals surface area (Å²) in [6, 6.07) is 4.40. The molecule has 1 saturated heterocycles. The zero-order valence-corrected chi connectivity index (χ0v) is 11.9. The minimum Gasteiger partial charge on any atom is -0.478 e. The number of aliphatic hydroxyl groups is 1. The lowest BCUT2D eigenvalue weighted by Gasteiger charge is -2.19. The Morgan fingerprint density at radius 3 is 2.95 bits per heavy atom. The zero-order valence-electron chi connectivity index (χ0n) is 11.9. The van der Waals surface area contributed by atoms with Crippen molar-refractivity contribution in [2.45, 2.75) is 45.3 Å². The van der Waals surface area contributed by atoms with Crippen molar-refractivity contribution in [3.8, 4) is 5.88 Å². The average molecular weight is 264 g/mol. The molecule has 0 aromatic carbocycles. The fourth-order valence-corrected chi connectivity index (χ4v) is 2.61. The van der Waals surface area contributed by atoms with Crippen LogP contribution in [-0.2, 0) is 13.0 Å². The lowest BCUT2D eigenvalue weighted by Crippen LogP contribution is -2.26. The summed E-state index contributed by atoms with van der Waals surface area (Å²) in [7, 11) is 2.18. The van der Waals surface area contributed by atoms with E-state index in [0.717, 1.165) is 24.1 Å². The van der Waals surface area contributed by atoms with Crippen molar-refractivity contribution in [2.75, 3.05) is 20.2 Å². The summed E-state index contributed by atoms with van der Waals surface area (Å²) in [5.74, 6) is 0.643. The molecule has 1 unspecified atom stereocenters. The van der Waals surface area contributed by atoms with Gasteiger partial charge in [-0.3, -0.25) is 0 Å². The first kappa shape index (κ1) is 14.3. The molecule has 4 nitrogen and oxygen atoms in total. The molecule has 0 saturated carbocycles. The van der Waals surface area contributed by atoms with Gasteiger partial charge in [0.05, 0.1) is 13.2 Å². The molecule has 2 rings (SSSR count). The topological polar surface area (TPSA) is 45.6 Å². The molecule has 1 aromatic rings. The van der Waals surface area contributed by atoms with Crippen LogP contribution in [0.25, 0.3) is 0 Å². The summed E-state index contributed by atoms with van der Waals surface area (Å²) in [5, 5.41) is 9.22. The second kappa shape index (κ2) is 6.87. The van der Waals surface area contributed by atoms with Crippen molar-refractivity contribution in [1.29, 1.82) is 0 Å². The maximum absolute atomic E-state index is 9.22. The van der Waals surface area contributed by atoms with Crippen LogP contribution < -0.4 is 4.74 Å². The van der Waals surface area contributed by atoms with Crippen molar-refractivity contribution in [3.63, 3.8) is 0 Å². The fourth-order valence-electron chi connectivity index (χ4n) is 2.61. The van der Waals surface area contributed by atoms with Crippen LogP contribution in [0.15, 0.2) is 12.1 Å². The number of rotatable bonds is 6. The molecule has 1 fully saturated rings. The van der Waals surface area contributed by atoms with Gasteiger partial charge in [-0.05, 0) is 50.9 Å². The van der Waals surface area contributed by atoms with E-state index >= 15 is 0 Å². The molecule has 19 heavy (non-hydrogen) atoms. The maximum Gasteiger partial charge on any atom is 0.213 e. The number of aromatic nitrogens is 1. The molecule has 1 aromatic heterocycles. The predicted molar refractivity (Wildman–Crippen MR) is 75.3 cm³/mol. The lowest BCUT2D eigenvalue weighted by atomic mass is 10.1. The van der Waals surface area contributed by atoms with Crippen LogP contribution >= 0.6 is 0 Å². The highest BCUT2D eigenvalue weighted by Gasteiger charge is 2.20. The van der Waals surface area contributed by atoms with E-state index in [2.05, 4.69) is 23.9 Å². The summed E-state index contributed by atoms with van der Waals surface area (Å²) in [6.07, 6.45) is 4.46. The van der Waals surface area contributed by atoms with Crippen LogP contribution in [-0.4, -0.2) is 41.2 Å². The number of ether oxygens (including phenoxy) is 1.